The molecule has 0 radical (unpaired) electrons. The Hall–Kier alpha value is -3.00. The topological polar surface area (TPSA) is 61.9 Å². The van der Waals surface area contributed by atoms with Crippen molar-refractivity contribution in [2.75, 3.05) is 19.0 Å². The van der Waals surface area contributed by atoms with E-state index in [1.165, 1.54) is 17.0 Å². The minimum atomic E-state index is -0.709. The summed E-state index contributed by atoms with van der Waals surface area (Å²) in [6.07, 6.45) is 0.872. The molecule has 0 bridgehead atoms. The Labute approximate surface area is 180 Å². The van der Waals surface area contributed by atoms with Gasteiger partial charge in [0.15, 0.2) is 5.11 Å². The van der Waals surface area contributed by atoms with Gasteiger partial charge in [0.2, 0.25) is 5.91 Å². The Balaban J connectivity index is 1.66. The number of benzene rings is 2. The molecular weight excluding hydrogens is 405 g/mol. The van der Waals surface area contributed by atoms with Crippen molar-refractivity contribution >= 4 is 34.8 Å². The summed E-state index contributed by atoms with van der Waals surface area (Å²) in [7, 11) is 1.59. The minimum absolute atomic E-state index is 0.0431. The van der Waals surface area contributed by atoms with E-state index in [0.29, 0.717) is 24.0 Å². The summed E-state index contributed by atoms with van der Waals surface area (Å²) >= 11 is 5.39. The van der Waals surface area contributed by atoms with Gasteiger partial charge in [-0.3, -0.25) is 14.5 Å². The van der Waals surface area contributed by atoms with E-state index in [0.717, 1.165) is 17.7 Å². The van der Waals surface area contributed by atoms with E-state index in [1.807, 2.05) is 6.92 Å². The summed E-state index contributed by atoms with van der Waals surface area (Å²) in [5.74, 6) is -0.130. The largest absolute Gasteiger partial charge is 0.494 e. The van der Waals surface area contributed by atoms with Crippen LogP contribution in [0.15, 0.2) is 48.5 Å². The van der Waals surface area contributed by atoms with Gasteiger partial charge in [0.05, 0.1) is 13.0 Å². The summed E-state index contributed by atoms with van der Waals surface area (Å²) in [5.41, 5.74) is 1.42. The van der Waals surface area contributed by atoms with Crippen LogP contribution >= 0.6 is 12.2 Å². The number of rotatable bonds is 8. The molecule has 1 aliphatic rings. The molecule has 0 aliphatic carbocycles. The van der Waals surface area contributed by atoms with Crippen LogP contribution in [0.2, 0.25) is 0 Å². The third-order valence-electron chi connectivity index (χ3n) is 4.78. The lowest BCUT2D eigenvalue weighted by Gasteiger charge is -2.23. The van der Waals surface area contributed by atoms with Crippen LogP contribution in [0.25, 0.3) is 0 Å². The number of carbonyl (C=O) groups excluding carboxylic acids is 2. The summed E-state index contributed by atoms with van der Waals surface area (Å²) in [4.78, 5) is 28.3. The van der Waals surface area contributed by atoms with Crippen LogP contribution in [0.5, 0.6) is 5.75 Å². The smallest absolute Gasteiger partial charge is 0.251 e. The third-order valence-corrected chi connectivity index (χ3v) is 5.29. The Morgan fingerprint density at radius 1 is 1.17 bits per heavy atom. The number of likely N-dealkylation sites (N-methyl/N-ethyl adjacent to an activating group) is 1. The molecule has 1 saturated heterocycles. The van der Waals surface area contributed by atoms with E-state index in [1.54, 1.807) is 48.3 Å². The highest BCUT2D eigenvalue weighted by Gasteiger charge is 2.41. The van der Waals surface area contributed by atoms with Crippen molar-refractivity contribution in [2.45, 2.75) is 32.4 Å². The molecule has 2 aromatic carbocycles. The number of carbonyl (C=O) groups is 2. The summed E-state index contributed by atoms with van der Waals surface area (Å²) in [6, 6.07) is 12.4. The summed E-state index contributed by atoms with van der Waals surface area (Å²) in [5, 5.41) is 3.16. The first kappa shape index (κ1) is 21.7. The highest BCUT2D eigenvalue weighted by molar-refractivity contribution is 7.80. The lowest BCUT2D eigenvalue weighted by Crippen LogP contribution is -2.37. The number of thiocarbonyl (C=S) groups is 1. The summed E-state index contributed by atoms with van der Waals surface area (Å²) < 4.78 is 18.7. The van der Waals surface area contributed by atoms with Crippen LogP contribution in [-0.4, -0.2) is 46.4 Å². The van der Waals surface area contributed by atoms with E-state index in [9.17, 15) is 14.0 Å². The number of hydrogen-bond acceptors (Lipinski definition) is 4. The fourth-order valence-corrected chi connectivity index (χ4v) is 3.46. The van der Waals surface area contributed by atoms with E-state index >= 15 is 0 Å². The molecule has 8 heteroatoms. The number of amides is 2. The van der Waals surface area contributed by atoms with E-state index in [2.05, 4.69) is 5.32 Å². The van der Waals surface area contributed by atoms with Gasteiger partial charge in [0, 0.05) is 19.3 Å². The zero-order chi connectivity index (χ0) is 21.7. The first-order chi connectivity index (χ1) is 14.4. The Morgan fingerprint density at radius 3 is 2.47 bits per heavy atom. The van der Waals surface area contributed by atoms with Gasteiger partial charge >= 0.3 is 0 Å². The van der Waals surface area contributed by atoms with Crippen molar-refractivity contribution in [3.05, 3.63) is 59.9 Å². The second-order valence-electron chi connectivity index (χ2n) is 7.08. The Morgan fingerprint density at radius 2 is 1.83 bits per heavy atom. The first-order valence-electron chi connectivity index (χ1n) is 9.74. The SMILES string of the molecule is CCCOc1ccc(NC(=O)C[C@@H]2C(=O)N(C)C(=S)N2Cc2ccc(F)cc2)cc1. The van der Waals surface area contributed by atoms with E-state index in [-0.39, 0.29) is 24.1 Å². The normalized spacial score (nSPS) is 16.2. The molecule has 1 fully saturated rings. The van der Waals surface area contributed by atoms with Gasteiger partial charge in [-0.15, -0.1) is 0 Å². The monoisotopic (exact) mass is 429 g/mol. The van der Waals surface area contributed by atoms with Crippen LogP contribution in [0.3, 0.4) is 0 Å². The zero-order valence-corrected chi connectivity index (χ0v) is 17.7. The maximum atomic E-state index is 13.2. The van der Waals surface area contributed by atoms with E-state index < -0.39 is 6.04 Å². The second-order valence-corrected chi connectivity index (χ2v) is 7.44. The molecule has 1 heterocycles. The summed E-state index contributed by atoms with van der Waals surface area (Å²) in [6.45, 7) is 2.98. The lowest BCUT2D eigenvalue weighted by atomic mass is 10.1. The molecule has 1 atom stereocenters. The molecule has 0 saturated carbocycles. The Bertz CT molecular complexity index is 918. The number of anilines is 1. The van der Waals surface area contributed by atoms with Gasteiger partial charge in [-0.25, -0.2) is 4.39 Å². The fourth-order valence-electron chi connectivity index (χ4n) is 3.18. The molecule has 3 rings (SSSR count). The predicted octanol–water partition coefficient (Wildman–Crippen LogP) is 3.57. The van der Waals surface area contributed by atoms with Crippen LogP contribution in [0.4, 0.5) is 10.1 Å². The second kappa shape index (κ2) is 9.67. The maximum Gasteiger partial charge on any atom is 0.251 e. The van der Waals surface area contributed by atoms with Crippen LogP contribution in [-0.2, 0) is 16.1 Å². The van der Waals surface area contributed by atoms with Crippen LogP contribution in [0.1, 0.15) is 25.3 Å². The molecule has 0 unspecified atom stereocenters. The van der Waals surface area contributed by atoms with Gasteiger partial charge < -0.3 is 15.0 Å². The third kappa shape index (κ3) is 5.13. The van der Waals surface area contributed by atoms with E-state index in [4.69, 9.17) is 17.0 Å². The van der Waals surface area contributed by atoms with Crippen molar-refractivity contribution < 1.29 is 18.7 Å². The molecule has 0 aromatic heterocycles. The average molecular weight is 430 g/mol. The van der Waals surface area contributed by atoms with Gasteiger partial charge in [-0.05, 0) is 60.6 Å². The van der Waals surface area contributed by atoms with Crippen LogP contribution in [0, 0.1) is 5.82 Å². The van der Waals surface area contributed by atoms with Crippen molar-refractivity contribution in [1.82, 2.24) is 9.80 Å². The highest BCUT2D eigenvalue weighted by Crippen LogP contribution is 2.23. The molecule has 1 N–H and O–H groups in total. The number of hydrogen-bond donors (Lipinski definition) is 1. The maximum absolute atomic E-state index is 13.2. The van der Waals surface area contributed by atoms with Crippen LogP contribution < -0.4 is 10.1 Å². The molecule has 1 aliphatic heterocycles. The molecule has 0 spiro atoms. The van der Waals surface area contributed by atoms with Gasteiger partial charge in [-0.1, -0.05) is 19.1 Å². The Kier molecular flexibility index (Phi) is 6.99. The first-order valence-corrected chi connectivity index (χ1v) is 10.1. The number of halogens is 1. The quantitative estimate of drug-likeness (QED) is 0.650. The van der Waals surface area contributed by atoms with Crippen molar-refractivity contribution in [3.63, 3.8) is 0 Å². The van der Waals surface area contributed by atoms with Gasteiger partial charge in [0.1, 0.15) is 17.6 Å². The molecule has 158 valence electrons. The van der Waals surface area contributed by atoms with Crippen molar-refractivity contribution in [3.8, 4) is 5.75 Å². The molecule has 30 heavy (non-hydrogen) atoms. The number of nitrogens with one attached hydrogen (secondary N) is 1. The fraction of sp³-hybridized carbons (Fsp3) is 0.318. The minimum Gasteiger partial charge on any atom is -0.494 e. The molecule has 2 aromatic rings. The van der Waals surface area contributed by atoms with Gasteiger partial charge in [-0.2, -0.15) is 0 Å². The number of ether oxygens (including phenoxy) is 1. The lowest BCUT2D eigenvalue weighted by molar-refractivity contribution is -0.130. The number of nitrogens with zero attached hydrogens (tertiary/aromatic N) is 2. The van der Waals surface area contributed by atoms with Crippen molar-refractivity contribution in [2.24, 2.45) is 0 Å². The molecule has 6 nitrogen and oxygen atoms in total. The van der Waals surface area contributed by atoms with Crippen molar-refractivity contribution in [1.29, 1.82) is 0 Å². The molecular formula is C22H24FN3O3S. The predicted molar refractivity (Wildman–Crippen MR) is 117 cm³/mol. The standard InChI is InChI=1S/C22H24FN3O3S/c1-3-12-29-18-10-8-17(9-11-18)24-20(27)13-19-21(28)25(2)22(30)26(19)14-15-4-6-16(23)7-5-15/h4-11,19H,3,12-14H2,1-2H3,(H,24,27)/t19-/m1/s1. The van der Waals surface area contributed by atoms with Gasteiger partial charge in [0.25, 0.3) is 5.91 Å². The molecule has 2 amide bonds. The average Bonchev–Trinajstić information content (AvgIpc) is 2.93. The zero-order valence-electron chi connectivity index (χ0n) is 16.9. The highest BCUT2D eigenvalue weighted by atomic mass is 32.1.